The van der Waals surface area contributed by atoms with Crippen LogP contribution in [0.25, 0.3) is 10.4 Å². The lowest BCUT2D eigenvalue weighted by atomic mass is 10.2. The maximum absolute atomic E-state index is 12.9. The van der Waals surface area contributed by atoms with Gasteiger partial charge >= 0.3 is 0 Å². The van der Waals surface area contributed by atoms with Gasteiger partial charge in [0.15, 0.2) is 0 Å². The molecule has 1 aliphatic rings. The molecule has 1 atom stereocenters. The highest BCUT2D eigenvalue weighted by atomic mass is 32.2. The Labute approximate surface area is 133 Å². The molecule has 1 unspecified atom stereocenters. The van der Waals surface area contributed by atoms with Crippen LogP contribution >= 0.6 is 0 Å². The van der Waals surface area contributed by atoms with E-state index in [4.69, 9.17) is 10.3 Å². The molecule has 0 amide bonds. The Kier molecular flexibility index (Phi) is 4.10. The number of hydrogen-bond acceptors (Lipinski definition) is 4. The van der Waals surface area contributed by atoms with Crippen molar-refractivity contribution in [3.05, 3.63) is 65.0 Å². The summed E-state index contributed by atoms with van der Waals surface area (Å²) in [6, 6.07) is 15.1. The molecule has 23 heavy (non-hydrogen) atoms. The van der Waals surface area contributed by atoms with Crippen LogP contribution < -0.4 is 9.04 Å². The van der Waals surface area contributed by atoms with E-state index in [1.165, 1.54) is 4.31 Å². The first kappa shape index (κ1) is 15.2. The average Bonchev–Trinajstić information content (AvgIpc) is 2.60. The molecule has 7 nitrogen and oxygen atoms in total. The lowest BCUT2D eigenvalue weighted by Gasteiger charge is -2.34. The molecule has 0 N–H and O–H groups in total. The third-order valence-corrected chi connectivity index (χ3v) is 5.27. The van der Waals surface area contributed by atoms with Crippen molar-refractivity contribution in [1.29, 1.82) is 0 Å². The lowest BCUT2D eigenvalue weighted by Crippen LogP contribution is -2.44. The van der Waals surface area contributed by atoms with Gasteiger partial charge in [0.05, 0.1) is 23.7 Å². The third-order valence-electron chi connectivity index (χ3n) is 3.48. The van der Waals surface area contributed by atoms with E-state index in [0.29, 0.717) is 11.4 Å². The van der Waals surface area contributed by atoms with E-state index < -0.39 is 16.1 Å². The minimum absolute atomic E-state index is 0.0612. The van der Waals surface area contributed by atoms with Crippen molar-refractivity contribution in [2.45, 2.75) is 11.0 Å². The molecule has 2 aromatic rings. The van der Waals surface area contributed by atoms with Crippen LogP contribution in [0.3, 0.4) is 0 Å². The Morgan fingerprint density at radius 2 is 1.87 bits per heavy atom. The van der Waals surface area contributed by atoms with Crippen LogP contribution in [-0.2, 0) is 10.0 Å². The molecule has 8 heteroatoms. The SMILES string of the molecule is [N-]=[N+]=NCC1CN(S(=O)(=O)c2ccccc2)c2ccccc2O1. The number of ether oxygens (including phenoxy) is 1. The fraction of sp³-hybridized carbons (Fsp3) is 0.200. The molecular weight excluding hydrogens is 316 g/mol. The minimum atomic E-state index is -3.71. The molecule has 2 aromatic carbocycles. The van der Waals surface area contributed by atoms with Crippen LogP contribution in [0, 0.1) is 0 Å². The van der Waals surface area contributed by atoms with Gasteiger partial charge in [0.2, 0.25) is 0 Å². The second kappa shape index (κ2) is 6.20. The highest BCUT2D eigenvalue weighted by Crippen LogP contribution is 2.36. The second-order valence-corrected chi connectivity index (χ2v) is 6.83. The Morgan fingerprint density at radius 1 is 1.17 bits per heavy atom. The van der Waals surface area contributed by atoms with Crippen LogP contribution in [0.4, 0.5) is 5.69 Å². The summed E-state index contributed by atoms with van der Waals surface area (Å²) < 4.78 is 32.9. The zero-order valence-electron chi connectivity index (χ0n) is 12.1. The smallest absolute Gasteiger partial charge is 0.264 e. The van der Waals surface area contributed by atoms with Gasteiger partial charge in [-0.1, -0.05) is 35.4 Å². The molecule has 0 spiro atoms. The van der Waals surface area contributed by atoms with Crippen molar-refractivity contribution < 1.29 is 13.2 Å². The zero-order chi connectivity index (χ0) is 16.3. The monoisotopic (exact) mass is 330 g/mol. The van der Waals surface area contributed by atoms with Gasteiger partial charge < -0.3 is 4.74 Å². The summed E-state index contributed by atoms with van der Waals surface area (Å²) in [7, 11) is -3.71. The zero-order valence-corrected chi connectivity index (χ0v) is 12.9. The summed E-state index contributed by atoms with van der Waals surface area (Å²) in [5, 5.41) is 3.49. The fourth-order valence-electron chi connectivity index (χ4n) is 2.43. The number of hydrogen-bond donors (Lipinski definition) is 0. The summed E-state index contributed by atoms with van der Waals surface area (Å²) in [4.78, 5) is 2.92. The van der Waals surface area contributed by atoms with Crippen LogP contribution in [0.15, 0.2) is 64.6 Å². The van der Waals surface area contributed by atoms with Crippen molar-refractivity contribution in [2.75, 3.05) is 17.4 Å². The number of para-hydroxylation sites is 2. The number of anilines is 1. The predicted molar refractivity (Wildman–Crippen MR) is 85.8 cm³/mol. The molecule has 1 heterocycles. The van der Waals surface area contributed by atoms with Crippen molar-refractivity contribution in [2.24, 2.45) is 5.11 Å². The maximum atomic E-state index is 12.9. The Hall–Kier alpha value is -2.70. The van der Waals surface area contributed by atoms with Crippen LogP contribution in [0.1, 0.15) is 0 Å². The molecule has 1 aliphatic heterocycles. The third kappa shape index (κ3) is 2.94. The molecule has 0 saturated carbocycles. The number of azide groups is 1. The van der Waals surface area contributed by atoms with Gasteiger partial charge in [-0.2, -0.15) is 0 Å². The molecular formula is C15H14N4O3S. The van der Waals surface area contributed by atoms with Crippen molar-refractivity contribution in [1.82, 2.24) is 0 Å². The van der Waals surface area contributed by atoms with Crippen LogP contribution in [0.5, 0.6) is 5.75 Å². The Morgan fingerprint density at radius 3 is 2.61 bits per heavy atom. The summed E-state index contributed by atoms with van der Waals surface area (Å²) in [5.41, 5.74) is 8.95. The van der Waals surface area contributed by atoms with E-state index in [-0.39, 0.29) is 18.0 Å². The number of fused-ring (bicyclic) bond motifs is 1. The molecule has 118 valence electrons. The number of benzene rings is 2. The van der Waals surface area contributed by atoms with E-state index in [1.807, 2.05) is 0 Å². The summed E-state index contributed by atoms with van der Waals surface area (Å²) in [6.07, 6.45) is -0.528. The highest BCUT2D eigenvalue weighted by molar-refractivity contribution is 7.92. The van der Waals surface area contributed by atoms with Crippen molar-refractivity contribution in [3.63, 3.8) is 0 Å². The Bertz CT molecular complexity index is 848. The quantitative estimate of drug-likeness (QED) is 0.490. The van der Waals surface area contributed by atoms with Gasteiger partial charge in [-0.3, -0.25) is 4.31 Å². The van der Waals surface area contributed by atoms with E-state index >= 15 is 0 Å². The topological polar surface area (TPSA) is 95.4 Å². The normalized spacial score (nSPS) is 16.9. The summed E-state index contributed by atoms with van der Waals surface area (Å²) >= 11 is 0. The summed E-state index contributed by atoms with van der Waals surface area (Å²) in [6.45, 7) is 0.152. The first-order chi connectivity index (χ1) is 11.1. The molecule has 0 aliphatic carbocycles. The van der Waals surface area contributed by atoms with E-state index in [2.05, 4.69) is 10.0 Å². The first-order valence-electron chi connectivity index (χ1n) is 6.97. The molecule has 0 radical (unpaired) electrons. The lowest BCUT2D eigenvalue weighted by molar-refractivity contribution is 0.208. The molecule has 0 bridgehead atoms. The van der Waals surface area contributed by atoms with Crippen LogP contribution in [-0.4, -0.2) is 27.6 Å². The standard InChI is InChI=1S/C15H14N4O3S/c16-18-17-10-12-11-19(14-8-4-5-9-15(14)22-12)23(20,21)13-6-2-1-3-7-13/h1-9,12H,10-11H2. The Balaban J connectivity index is 2.04. The second-order valence-electron chi connectivity index (χ2n) is 4.97. The average molecular weight is 330 g/mol. The van der Waals surface area contributed by atoms with Crippen LogP contribution in [0.2, 0.25) is 0 Å². The summed E-state index contributed by atoms with van der Waals surface area (Å²) in [5.74, 6) is 0.455. The van der Waals surface area contributed by atoms with E-state index in [0.717, 1.165) is 0 Å². The molecule has 0 fully saturated rings. The van der Waals surface area contributed by atoms with Crippen molar-refractivity contribution >= 4 is 15.7 Å². The van der Waals surface area contributed by atoms with Gasteiger partial charge in [0.25, 0.3) is 10.0 Å². The fourth-order valence-corrected chi connectivity index (χ4v) is 3.96. The molecule has 0 saturated heterocycles. The van der Waals surface area contributed by atoms with Gasteiger partial charge in [0, 0.05) is 4.91 Å². The number of rotatable bonds is 4. The van der Waals surface area contributed by atoms with E-state index in [9.17, 15) is 8.42 Å². The van der Waals surface area contributed by atoms with E-state index in [1.54, 1.807) is 54.6 Å². The minimum Gasteiger partial charge on any atom is -0.486 e. The number of nitrogens with zero attached hydrogens (tertiary/aromatic N) is 4. The largest absolute Gasteiger partial charge is 0.486 e. The highest BCUT2D eigenvalue weighted by Gasteiger charge is 2.33. The van der Waals surface area contributed by atoms with Gasteiger partial charge in [0.1, 0.15) is 11.9 Å². The van der Waals surface area contributed by atoms with Gasteiger partial charge in [-0.05, 0) is 29.8 Å². The molecule has 0 aromatic heterocycles. The predicted octanol–water partition coefficient (Wildman–Crippen LogP) is 2.95. The van der Waals surface area contributed by atoms with Crippen molar-refractivity contribution in [3.8, 4) is 5.75 Å². The molecule has 3 rings (SSSR count). The maximum Gasteiger partial charge on any atom is 0.264 e. The number of sulfonamides is 1. The van der Waals surface area contributed by atoms with Gasteiger partial charge in [-0.15, -0.1) is 0 Å². The van der Waals surface area contributed by atoms with Gasteiger partial charge in [-0.25, -0.2) is 8.42 Å². The first-order valence-corrected chi connectivity index (χ1v) is 8.41.